The van der Waals surface area contributed by atoms with Gasteiger partial charge < -0.3 is 0 Å². The van der Waals surface area contributed by atoms with Gasteiger partial charge in [-0.1, -0.05) is 25.3 Å². The second-order valence-corrected chi connectivity index (χ2v) is 4.55. The lowest BCUT2D eigenvalue weighted by Crippen LogP contribution is -2.24. The molecule has 0 bridgehead atoms. The number of carbonyl (C=O) groups is 1. The molecule has 12 heavy (non-hydrogen) atoms. The number of rotatable bonds is 3. The van der Waals surface area contributed by atoms with Crippen LogP contribution in [-0.2, 0) is 4.79 Å². The van der Waals surface area contributed by atoms with Crippen LogP contribution in [0.1, 0.15) is 32.1 Å². The summed E-state index contributed by atoms with van der Waals surface area (Å²) < 4.78 is 0.277. The van der Waals surface area contributed by atoms with Gasteiger partial charge in [0, 0.05) is 4.75 Å². The van der Waals surface area contributed by atoms with Crippen LogP contribution in [0.2, 0.25) is 0 Å². The maximum absolute atomic E-state index is 10.2. The minimum Gasteiger partial charge on any atom is -0.299 e. The van der Waals surface area contributed by atoms with E-state index in [4.69, 9.17) is 0 Å². The van der Waals surface area contributed by atoms with Crippen LogP contribution in [0.3, 0.4) is 0 Å². The summed E-state index contributed by atoms with van der Waals surface area (Å²) in [6.45, 7) is 0. The van der Waals surface area contributed by atoms with Crippen molar-refractivity contribution in [1.82, 2.24) is 0 Å². The van der Waals surface area contributed by atoms with Crippen molar-refractivity contribution in [3.8, 4) is 0 Å². The lowest BCUT2D eigenvalue weighted by molar-refractivity contribution is -0.104. The van der Waals surface area contributed by atoms with Crippen LogP contribution < -0.4 is 0 Å². The number of thioether (sulfide) groups is 1. The molecule has 0 unspecified atom stereocenters. The Bertz CT molecular complexity index is 169. The molecule has 2 heteroatoms. The summed E-state index contributed by atoms with van der Waals surface area (Å²) in [5.41, 5.74) is 0. The van der Waals surface area contributed by atoms with Crippen molar-refractivity contribution in [1.29, 1.82) is 0 Å². The highest BCUT2D eigenvalue weighted by Gasteiger charge is 2.27. The zero-order valence-corrected chi connectivity index (χ0v) is 8.40. The third-order valence-electron chi connectivity index (χ3n) is 2.58. The highest BCUT2D eigenvalue weighted by molar-refractivity contribution is 8.00. The largest absolute Gasteiger partial charge is 0.299 e. The van der Waals surface area contributed by atoms with Crippen LogP contribution in [0.15, 0.2) is 12.2 Å². The Kier molecular flexibility index (Phi) is 3.86. The van der Waals surface area contributed by atoms with E-state index in [9.17, 15) is 4.79 Å². The third-order valence-corrected chi connectivity index (χ3v) is 3.94. The molecule has 0 amide bonds. The number of allylic oxidation sites excluding steroid dienone is 1. The van der Waals surface area contributed by atoms with Crippen molar-refractivity contribution in [2.24, 2.45) is 0 Å². The molecule has 0 aromatic heterocycles. The van der Waals surface area contributed by atoms with E-state index >= 15 is 0 Å². The van der Waals surface area contributed by atoms with Crippen LogP contribution in [0, 0.1) is 0 Å². The van der Waals surface area contributed by atoms with Crippen LogP contribution in [0.25, 0.3) is 0 Å². The van der Waals surface area contributed by atoms with Crippen molar-refractivity contribution in [3.05, 3.63) is 12.2 Å². The first-order valence-corrected chi connectivity index (χ1v) is 5.74. The van der Waals surface area contributed by atoms with Gasteiger partial charge in [-0.25, -0.2) is 0 Å². The zero-order chi connectivity index (χ0) is 8.86. The van der Waals surface area contributed by atoms with Crippen molar-refractivity contribution >= 4 is 18.0 Å². The SMILES string of the molecule is CSC1(/C=C/C=O)CCCCC1. The lowest BCUT2D eigenvalue weighted by Gasteiger charge is -2.32. The van der Waals surface area contributed by atoms with E-state index in [1.165, 1.54) is 32.1 Å². The maximum Gasteiger partial charge on any atom is 0.142 e. The highest BCUT2D eigenvalue weighted by Crippen LogP contribution is 2.39. The Labute approximate surface area is 78.6 Å². The molecule has 1 rings (SSSR count). The topological polar surface area (TPSA) is 17.1 Å². The average Bonchev–Trinajstić information content (AvgIpc) is 2.16. The van der Waals surface area contributed by atoms with Gasteiger partial charge in [0.1, 0.15) is 6.29 Å². The smallest absolute Gasteiger partial charge is 0.142 e. The molecule has 0 aliphatic heterocycles. The molecule has 1 nitrogen and oxygen atoms in total. The third kappa shape index (κ3) is 2.37. The van der Waals surface area contributed by atoms with E-state index in [2.05, 4.69) is 12.3 Å². The monoisotopic (exact) mass is 184 g/mol. The van der Waals surface area contributed by atoms with Crippen LogP contribution in [0.5, 0.6) is 0 Å². The van der Waals surface area contributed by atoms with E-state index in [-0.39, 0.29) is 4.75 Å². The van der Waals surface area contributed by atoms with E-state index in [0.29, 0.717) is 0 Å². The number of hydrogen-bond acceptors (Lipinski definition) is 2. The predicted molar refractivity (Wildman–Crippen MR) is 54.5 cm³/mol. The Morgan fingerprint density at radius 3 is 2.42 bits per heavy atom. The fourth-order valence-electron chi connectivity index (χ4n) is 1.80. The first-order chi connectivity index (χ1) is 5.83. The van der Waals surface area contributed by atoms with Gasteiger partial charge in [-0.3, -0.25) is 4.79 Å². The van der Waals surface area contributed by atoms with Crippen molar-refractivity contribution in [2.45, 2.75) is 36.9 Å². The van der Waals surface area contributed by atoms with Gasteiger partial charge >= 0.3 is 0 Å². The summed E-state index contributed by atoms with van der Waals surface area (Å²) in [6, 6.07) is 0. The second-order valence-electron chi connectivity index (χ2n) is 3.32. The molecular weight excluding hydrogens is 168 g/mol. The average molecular weight is 184 g/mol. The van der Waals surface area contributed by atoms with Crippen molar-refractivity contribution < 1.29 is 4.79 Å². The molecule has 0 spiro atoms. The molecule has 0 aromatic rings. The number of aldehydes is 1. The zero-order valence-electron chi connectivity index (χ0n) is 7.58. The Balaban J connectivity index is 2.59. The van der Waals surface area contributed by atoms with E-state index in [1.54, 1.807) is 6.08 Å². The summed E-state index contributed by atoms with van der Waals surface area (Å²) >= 11 is 1.89. The molecule has 0 saturated heterocycles. The van der Waals surface area contributed by atoms with Crippen LogP contribution in [0.4, 0.5) is 0 Å². The predicted octanol–water partition coefficient (Wildman–Crippen LogP) is 2.81. The molecule has 0 aromatic carbocycles. The van der Waals surface area contributed by atoms with Gasteiger partial charge in [0.25, 0.3) is 0 Å². The fraction of sp³-hybridized carbons (Fsp3) is 0.700. The van der Waals surface area contributed by atoms with E-state index in [0.717, 1.165) is 6.29 Å². The molecule has 1 fully saturated rings. The van der Waals surface area contributed by atoms with E-state index < -0.39 is 0 Å². The minimum atomic E-state index is 0.277. The summed E-state index contributed by atoms with van der Waals surface area (Å²) in [4.78, 5) is 10.2. The molecule has 0 heterocycles. The quantitative estimate of drug-likeness (QED) is 0.495. The Hall–Kier alpha value is -0.240. The van der Waals surface area contributed by atoms with Crippen molar-refractivity contribution in [3.63, 3.8) is 0 Å². The standard InChI is InChI=1S/C10H16OS/c1-12-10(8-5-9-11)6-3-2-4-7-10/h5,8-9H,2-4,6-7H2,1H3/b8-5+. The van der Waals surface area contributed by atoms with Gasteiger partial charge in [0.2, 0.25) is 0 Å². The maximum atomic E-state index is 10.2. The van der Waals surface area contributed by atoms with Gasteiger partial charge in [0.15, 0.2) is 0 Å². The highest BCUT2D eigenvalue weighted by atomic mass is 32.2. The van der Waals surface area contributed by atoms with E-state index in [1.807, 2.05) is 11.8 Å². The van der Waals surface area contributed by atoms with Crippen LogP contribution >= 0.6 is 11.8 Å². The number of hydrogen-bond donors (Lipinski definition) is 0. The number of carbonyl (C=O) groups excluding carboxylic acids is 1. The van der Waals surface area contributed by atoms with Gasteiger partial charge in [0.05, 0.1) is 0 Å². The molecule has 1 saturated carbocycles. The molecule has 0 N–H and O–H groups in total. The Morgan fingerprint density at radius 1 is 1.25 bits per heavy atom. The molecular formula is C10H16OS. The molecule has 0 radical (unpaired) electrons. The summed E-state index contributed by atoms with van der Waals surface area (Å²) in [5.74, 6) is 0. The normalized spacial score (nSPS) is 22.8. The van der Waals surface area contributed by atoms with Gasteiger partial charge in [-0.05, 0) is 25.2 Å². The second kappa shape index (κ2) is 4.70. The molecule has 1 aliphatic rings. The first kappa shape index (κ1) is 9.85. The van der Waals surface area contributed by atoms with Gasteiger partial charge in [-0.15, -0.1) is 0 Å². The Morgan fingerprint density at radius 2 is 1.92 bits per heavy atom. The molecule has 1 aliphatic carbocycles. The van der Waals surface area contributed by atoms with Crippen molar-refractivity contribution in [2.75, 3.05) is 6.26 Å². The summed E-state index contributed by atoms with van der Waals surface area (Å²) in [7, 11) is 0. The van der Waals surface area contributed by atoms with Crippen LogP contribution in [-0.4, -0.2) is 17.3 Å². The minimum absolute atomic E-state index is 0.277. The lowest BCUT2D eigenvalue weighted by atomic mass is 9.88. The molecule has 0 atom stereocenters. The van der Waals surface area contributed by atoms with Gasteiger partial charge in [-0.2, -0.15) is 11.8 Å². The molecule has 68 valence electrons. The fourth-order valence-corrected chi connectivity index (χ4v) is 2.72. The summed E-state index contributed by atoms with van der Waals surface area (Å²) in [6.07, 6.45) is 13.2. The first-order valence-electron chi connectivity index (χ1n) is 4.51. The summed E-state index contributed by atoms with van der Waals surface area (Å²) in [5, 5.41) is 0.